The molecule has 0 saturated carbocycles. The third kappa shape index (κ3) is 4.95. The zero-order chi connectivity index (χ0) is 15.5. The van der Waals surface area contributed by atoms with Gasteiger partial charge in [0.15, 0.2) is 0 Å². The SMILES string of the molecule is C[C@H](NC(=O)OC(C)(C)C)c1cncn1CC1CCCS1. The predicted octanol–water partition coefficient (Wildman–Crippen LogP) is 3.36. The van der Waals surface area contributed by atoms with Gasteiger partial charge in [0.1, 0.15) is 5.60 Å². The fourth-order valence-electron chi connectivity index (χ4n) is 2.41. The number of carbonyl (C=O) groups excluding carboxylic acids is 1. The molecule has 2 atom stereocenters. The van der Waals surface area contributed by atoms with Crippen molar-refractivity contribution < 1.29 is 9.53 Å². The van der Waals surface area contributed by atoms with E-state index < -0.39 is 11.7 Å². The van der Waals surface area contributed by atoms with Gasteiger partial charge in [0.2, 0.25) is 0 Å². The van der Waals surface area contributed by atoms with Gasteiger partial charge < -0.3 is 14.6 Å². The maximum atomic E-state index is 11.9. The van der Waals surface area contributed by atoms with Crippen molar-refractivity contribution in [1.29, 1.82) is 0 Å². The zero-order valence-electron chi connectivity index (χ0n) is 13.3. The minimum absolute atomic E-state index is 0.117. The number of carbonyl (C=O) groups is 1. The molecule has 0 spiro atoms. The second kappa shape index (κ2) is 6.73. The summed E-state index contributed by atoms with van der Waals surface area (Å²) >= 11 is 2.02. The molecule has 0 radical (unpaired) electrons. The molecule has 1 N–H and O–H groups in total. The number of rotatable bonds is 4. The number of alkyl carbamates (subject to hydrolysis) is 1. The van der Waals surface area contributed by atoms with Gasteiger partial charge in [-0.25, -0.2) is 9.78 Å². The molecule has 1 fully saturated rings. The van der Waals surface area contributed by atoms with Gasteiger partial charge >= 0.3 is 6.09 Å². The van der Waals surface area contributed by atoms with Crippen molar-refractivity contribution in [3.63, 3.8) is 0 Å². The van der Waals surface area contributed by atoms with Gasteiger partial charge in [-0.1, -0.05) is 0 Å². The maximum absolute atomic E-state index is 11.9. The van der Waals surface area contributed by atoms with Crippen LogP contribution in [0.3, 0.4) is 0 Å². The first kappa shape index (κ1) is 16.2. The fourth-order valence-corrected chi connectivity index (χ4v) is 3.68. The average Bonchev–Trinajstić information content (AvgIpc) is 2.97. The van der Waals surface area contributed by atoms with Crippen molar-refractivity contribution in [2.24, 2.45) is 0 Å². The summed E-state index contributed by atoms with van der Waals surface area (Å²) in [4.78, 5) is 16.1. The lowest BCUT2D eigenvalue weighted by atomic mass is 10.2. The molecule has 0 aliphatic carbocycles. The number of amides is 1. The fraction of sp³-hybridized carbons (Fsp3) is 0.733. The van der Waals surface area contributed by atoms with Crippen LogP contribution in [-0.4, -0.2) is 32.2 Å². The molecule has 1 amide bonds. The lowest BCUT2D eigenvalue weighted by Gasteiger charge is -2.23. The summed E-state index contributed by atoms with van der Waals surface area (Å²) < 4.78 is 7.44. The molecular weight excluding hydrogens is 286 g/mol. The van der Waals surface area contributed by atoms with Crippen molar-refractivity contribution in [3.8, 4) is 0 Å². The van der Waals surface area contributed by atoms with E-state index in [9.17, 15) is 4.79 Å². The van der Waals surface area contributed by atoms with Crippen LogP contribution in [0.2, 0.25) is 0 Å². The first-order valence-corrected chi connectivity index (χ1v) is 8.51. The highest BCUT2D eigenvalue weighted by Crippen LogP contribution is 2.28. The first-order valence-electron chi connectivity index (χ1n) is 7.46. The largest absolute Gasteiger partial charge is 0.444 e. The zero-order valence-corrected chi connectivity index (χ0v) is 14.1. The highest BCUT2D eigenvalue weighted by Gasteiger charge is 2.22. The van der Waals surface area contributed by atoms with Gasteiger partial charge in [-0.15, -0.1) is 0 Å². The molecule has 1 saturated heterocycles. The van der Waals surface area contributed by atoms with Crippen molar-refractivity contribution >= 4 is 17.9 Å². The Morgan fingerprint density at radius 1 is 1.62 bits per heavy atom. The van der Waals surface area contributed by atoms with Crippen LogP contribution in [0.15, 0.2) is 12.5 Å². The van der Waals surface area contributed by atoms with E-state index in [0.717, 1.165) is 12.2 Å². The Kier molecular flexibility index (Phi) is 5.19. The van der Waals surface area contributed by atoms with E-state index in [-0.39, 0.29) is 6.04 Å². The Morgan fingerprint density at radius 2 is 2.38 bits per heavy atom. The van der Waals surface area contributed by atoms with E-state index in [1.807, 2.05) is 52.0 Å². The van der Waals surface area contributed by atoms with Crippen molar-refractivity contribution in [2.75, 3.05) is 5.75 Å². The Hall–Kier alpha value is -1.17. The molecule has 1 aromatic heterocycles. The number of hydrogen-bond donors (Lipinski definition) is 1. The molecule has 6 heteroatoms. The summed E-state index contributed by atoms with van der Waals surface area (Å²) in [5.41, 5.74) is 0.540. The standard InChI is InChI=1S/C15H25N3O2S/c1-11(17-14(19)20-15(2,3)4)13-8-16-10-18(13)9-12-6-5-7-21-12/h8,10-12H,5-7,9H2,1-4H3,(H,17,19)/t11-,12?/m0/s1. The van der Waals surface area contributed by atoms with Crippen LogP contribution in [0.5, 0.6) is 0 Å². The lowest BCUT2D eigenvalue weighted by Crippen LogP contribution is -2.34. The summed E-state index contributed by atoms with van der Waals surface area (Å²) in [5.74, 6) is 1.25. The normalized spacial score (nSPS) is 20.3. The summed E-state index contributed by atoms with van der Waals surface area (Å²) in [6, 6.07) is -0.117. The minimum Gasteiger partial charge on any atom is -0.444 e. The van der Waals surface area contributed by atoms with Crippen LogP contribution in [0.4, 0.5) is 4.79 Å². The lowest BCUT2D eigenvalue weighted by molar-refractivity contribution is 0.0506. The van der Waals surface area contributed by atoms with E-state index in [1.54, 1.807) is 0 Å². The third-order valence-electron chi connectivity index (χ3n) is 3.35. The number of nitrogens with zero attached hydrogens (tertiary/aromatic N) is 2. The van der Waals surface area contributed by atoms with Crippen LogP contribution in [0, 0.1) is 0 Å². The Labute approximate surface area is 130 Å². The summed E-state index contributed by atoms with van der Waals surface area (Å²) in [7, 11) is 0. The predicted molar refractivity (Wildman–Crippen MR) is 85.5 cm³/mol. The number of hydrogen-bond acceptors (Lipinski definition) is 4. The molecular formula is C15H25N3O2S. The van der Waals surface area contributed by atoms with Crippen molar-refractivity contribution in [2.45, 2.75) is 64.0 Å². The Morgan fingerprint density at radius 3 is 3.00 bits per heavy atom. The van der Waals surface area contributed by atoms with E-state index in [0.29, 0.717) is 5.25 Å². The van der Waals surface area contributed by atoms with Crippen LogP contribution in [0.1, 0.15) is 52.3 Å². The molecule has 1 aliphatic heterocycles. The van der Waals surface area contributed by atoms with E-state index in [2.05, 4.69) is 14.9 Å². The second-order valence-corrected chi connectivity index (χ2v) is 7.88. The van der Waals surface area contributed by atoms with Crippen LogP contribution < -0.4 is 5.32 Å². The molecule has 1 unspecified atom stereocenters. The molecule has 5 nitrogen and oxygen atoms in total. The van der Waals surface area contributed by atoms with E-state index >= 15 is 0 Å². The smallest absolute Gasteiger partial charge is 0.408 e. The molecule has 1 aliphatic rings. The van der Waals surface area contributed by atoms with Gasteiger partial charge in [0.25, 0.3) is 0 Å². The number of aromatic nitrogens is 2. The molecule has 0 aromatic carbocycles. The van der Waals surface area contributed by atoms with Crippen LogP contribution in [0.25, 0.3) is 0 Å². The maximum Gasteiger partial charge on any atom is 0.408 e. The quantitative estimate of drug-likeness (QED) is 0.926. The first-order chi connectivity index (χ1) is 9.85. The van der Waals surface area contributed by atoms with Crippen LogP contribution >= 0.6 is 11.8 Å². The Bertz CT molecular complexity index is 476. The van der Waals surface area contributed by atoms with E-state index in [4.69, 9.17) is 4.74 Å². The molecule has 0 bridgehead atoms. The van der Waals surface area contributed by atoms with Gasteiger partial charge in [0, 0.05) is 11.8 Å². The topological polar surface area (TPSA) is 56.1 Å². The van der Waals surface area contributed by atoms with Gasteiger partial charge in [-0.3, -0.25) is 0 Å². The highest BCUT2D eigenvalue weighted by atomic mass is 32.2. The summed E-state index contributed by atoms with van der Waals surface area (Å²) in [6.45, 7) is 8.50. The van der Waals surface area contributed by atoms with Crippen molar-refractivity contribution in [1.82, 2.24) is 14.9 Å². The van der Waals surface area contributed by atoms with Gasteiger partial charge in [-0.2, -0.15) is 11.8 Å². The van der Waals surface area contributed by atoms with Crippen LogP contribution in [-0.2, 0) is 11.3 Å². The molecule has 21 heavy (non-hydrogen) atoms. The Balaban J connectivity index is 1.94. The van der Waals surface area contributed by atoms with E-state index in [1.165, 1.54) is 18.6 Å². The minimum atomic E-state index is -0.482. The molecule has 1 aromatic rings. The highest BCUT2D eigenvalue weighted by molar-refractivity contribution is 8.00. The molecule has 2 rings (SSSR count). The number of nitrogens with one attached hydrogen (secondary N) is 1. The summed E-state index contributed by atoms with van der Waals surface area (Å²) in [6.07, 6.45) is 5.84. The van der Waals surface area contributed by atoms with Gasteiger partial charge in [0.05, 0.1) is 24.3 Å². The number of imidazole rings is 1. The summed E-state index contributed by atoms with van der Waals surface area (Å²) in [5, 5.41) is 3.53. The second-order valence-electron chi connectivity index (χ2n) is 6.47. The van der Waals surface area contributed by atoms with Gasteiger partial charge in [-0.05, 0) is 46.3 Å². The molecule has 118 valence electrons. The molecule has 2 heterocycles. The average molecular weight is 311 g/mol. The number of ether oxygens (including phenoxy) is 1. The van der Waals surface area contributed by atoms with Crippen molar-refractivity contribution in [3.05, 3.63) is 18.2 Å². The third-order valence-corrected chi connectivity index (χ3v) is 4.73. The monoisotopic (exact) mass is 311 g/mol. The number of thioether (sulfide) groups is 1.